The zero-order valence-electron chi connectivity index (χ0n) is 14.0. The Morgan fingerprint density at radius 2 is 1.88 bits per heavy atom. The molecule has 2 aromatic carbocycles. The van der Waals surface area contributed by atoms with Gasteiger partial charge in [-0.05, 0) is 60.7 Å². The van der Waals surface area contributed by atoms with E-state index in [1.54, 1.807) is 17.0 Å². The highest BCUT2D eigenvalue weighted by atomic mass is 19.1. The summed E-state index contributed by atoms with van der Waals surface area (Å²) in [5, 5.41) is 2.99. The molecule has 0 radical (unpaired) electrons. The maximum Gasteiger partial charge on any atom is 0.322 e. The van der Waals surface area contributed by atoms with Gasteiger partial charge in [0.05, 0.1) is 0 Å². The van der Waals surface area contributed by atoms with Crippen LogP contribution in [0.25, 0.3) is 5.57 Å². The SMILES string of the molecule is Cc1ccc(C)c(NC(=O)N2CC=C(c3ccc(F)cc3)CC2)c1. The van der Waals surface area contributed by atoms with Crippen LogP contribution in [0.3, 0.4) is 0 Å². The smallest absolute Gasteiger partial charge is 0.320 e. The zero-order valence-corrected chi connectivity index (χ0v) is 14.0. The summed E-state index contributed by atoms with van der Waals surface area (Å²) in [6.07, 6.45) is 2.81. The largest absolute Gasteiger partial charge is 0.322 e. The van der Waals surface area contributed by atoms with E-state index >= 15 is 0 Å². The number of carbonyl (C=O) groups excluding carboxylic acids is 1. The molecule has 0 saturated carbocycles. The van der Waals surface area contributed by atoms with Crippen LogP contribution in [-0.2, 0) is 0 Å². The molecular formula is C20H21FN2O. The van der Waals surface area contributed by atoms with Gasteiger partial charge in [0.2, 0.25) is 0 Å². The van der Waals surface area contributed by atoms with Crippen LogP contribution in [0, 0.1) is 19.7 Å². The first-order chi connectivity index (χ1) is 11.5. The highest BCUT2D eigenvalue weighted by molar-refractivity contribution is 5.91. The van der Waals surface area contributed by atoms with E-state index in [2.05, 4.69) is 5.32 Å². The molecule has 0 saturated heterocycles. The van der Waals surface area contributed by atoms with Gasteiger partial charge in [0.15, 0.2) is 0 Å². The Bertz CT molecular complexity index is 781. The topological polar surface area (TPSA) is 32.3 Å². The van der Waals surface area contributed by atoms with Gasteiger partial charge in [-0.15, -0.1) is 0 Å². The summed E-state index contributed by atoms with van der Waals surface area (Å²) in [5.41, 5.74) is 5.20. The fraction of sp³-hybridized carbons (Fsp3) is 0.250. The van der Waals surface area contributed by atoms with Gasteiger partial charge >= 0.3 is 6.03 Å². The van der Waals surface area contributed by atoms with Crippen molar-refractivity contribution in [3.05, 3.63) is 71.0 Å². The van der Waals surface area contributed by atoms with Crippen LogP contribution in [0.15, 0.2) is 48.5 Å². The molecule has 0 atom stereocenters. The van der Waals surface area contributed by atoms with Crippen molar-refractivity contribution in [2.24, 2.45) is 0 Å². The van der Waals surface area contributed by atoms with E-state index in [1.165, 1.54) is 12.1 Å². The summed E-state index contributed by atoms with van der Waals surface area (Å²) in [4.78, 5) is 14.2. The molecule has 1 aliphatic rings. The summed E-state index contributed by atoms with van der Waals surface area (Å²) in [7, 11) is 0. The van der Waals surface area contributed by atoms with Crippen molar-refractivity contribution in [2.45, 2.75) is 20.3 Å². The Balaban J connectivity index is 1.66. The van der Waals surface area contributed by atoms with Crippen molar-refractivity contribution >= 4 is 17.3 Å². The molecule has 1 heterocycles. The van der Waals surface area contributed by atoms with Gasteiger partial charge in [-0.1, -0.05) is 30.3 Å². The number of anilines is 1. The number of benzene rings is 2. The van der Waals surface area contributed by atoms with E-state index in [0.717, 1.165) is 34.4 Å². The van der Waals surface area contributed by atoms with E-state index in [9.17, 15) is 9.18 Å². The highest BCUT2D eigenvalue weighted by Crippen LogP contribution is 2.23. The summed E-state index contributed by atoms with van der Waals surface area (Å²) in [6, 6.07) is 12.4. The van der Waals surface area contributed by atoms with E-state index < -0.39 is 0 Å². The number of halogens is 1. The molecule has 0 bridgehead atoms. The Kier molecular flexibility index (Phi) is 4.65. The molecule has 124 valence electrons. The number of urea groups is 1. The molecule has 2 amide bonds. The quantitative estimate of drug-likeness (QED) is 0.848. The highest BCUT2D eigenvalue weighted by Gasteiger charge is 2.18. The molecule has 1 aliphatic heterocycles. The van der Waals surface area contributed by atoms with Crippen molar-refractivity contribution in [2.75, 3.05) is 18.4 Å². The van der Waals surface area contributed by atoms with E-state index in [-0.39, 0.29) is 11.8 Å². The molecule has 24 heavy (non-hydrogen) atoms. The second kappa shape index (κ2) is 6.87. The number of carbonyl (C=O) groups is 1. The average molecular weight is 324 g/mol. The average Bonchev–Trinajstić information content (AvgIpc) is 2.59. The molecule has 0 fully saturated rings. The van der Waals surface area contributed by atoms with Crippen LogP contribution in [0.1, 0.15) is 23.1 Å². The molecule has 3 nitrogen and oxygen atoms in total. The molecule has 0 aliphatic carbocycles. The summed E-state index contributed by atoms with van der Waals surface area (Å²) in [5.74, 6) is -0.232. The third-order valence-electron chi connectivity index (χ3n) is 4.35. The zero-order chi connectivity index (χ0) is 17.1. The van der Waals surface area contributed by atoms with Crippen LogP contribution in [0.5, 0.6) is 0 Å². The van der Waals surface area contributed by atoms with Crippen LogP contribution in [-0.4, -0.2) is 24.0 Å². The number of aryl methyl sites for hydroxylation is 2. The fourth-order valence-electron chi connectivity index (χ4n) is 2.84. The number of hydrogen-bond acceptors (Lipinski definition) is 1. The van der Waals surface area contributed by atoms with Gasteiger partial charge in [0.25, 0.3) is 0 Å². The maximum absolute atomic E-state index is 13.0. The summed E-state index contributed by atoms with van der Waals surface area (Å²) < 4.78 is 13.0. The molecule has 0 aromatic heterocycles. The van der Waals surface area contributed by atoms with Crippen LogP contribution in [0.4, 0.5) is 14.9 Å². The Morgan fingerprint density at radius 1 is 1.12 bits per heavy atom. The first kappa shape index (κ1) is 16.2. The minimum atomic E-state index is -0.232. The number of rotatable bonds is 2. The van der Waals surface area contributed by atoms with E-state index in [4.69, 9.17) is 0 Å². The van der Waals surface area contributed by atoms with E-state index in [0.29, 0.717) is 13.1 Å². The molecule has 4 heteroatoms. The summed E-state index contributed by atoms with van der Waals surface area (Å²) in [6.45, 7) is 5.20. The van der Waals surface area contributed by atoms with Gasteiger partial charge in [0.1, 0.15) is 5.82 Å². The van der Waals surface area contributed by atoms with Crippen molar-refractivity contribution < 1.29 is 9.18 Å². The number of nitrogens with zero attached hydrogens (tertiary/aromatic N) is 1. The normalized spacial score (nSPS) is 14.3. The fourth-order valence-corrected chi connectivity index (χ4v) is 2.84. The predicted molar refractivity (Wildman–Crippen MR) is 95.5 cm³/mol. The van der Waals surface area contributed by atoms with Crippen molar-refractivity contribution in [3.8, 4) is 0 Å². The maximum atomic E-state index is 13.0. The lowest BCUT2D eigenvalue weighted by Crippen LogP contribution is -2.38. The lowest BCUT2D eigenvalue weighted by Gasteiger charge is -2.27. The Morgan fingerprint density at radius 3 is 2.54 bits per heavy atom. The Labute approximate surface area is 141 Å². The minimum absolute atomic E-state index is 0.0851. The third kappa shape index (κ3) is 3.65. The first-order valence-electron chi connectivity index (χ1n) is 8.11. The predicted octanol–water partition coefficient (Wildman–Crippen LogP) is 4.76. The number of amides is 2. The second-order valence-corrected chi connectivity index (χ2v) is 6.18. The first-order valence-corrected chi connectivity index (χ1v) is 8.11. The molecule has 3 rings (SSSR count). The number of nitrogens with one attached hydrogen (secondary N) is 1. The summed E-state index contributed by atoms with van der Waals surface area (Å²) >= 11 is 0. The molecule has 0 spiro atoms. The molecular weight excluding hydrogens is 303 g/mol. The van der Waals surface area contributed by atoms with Gasteiger partial charge in [-0.25, -0.2) is 9.18 Å². The molecule has 2 aromatic rings. The second-order valence-electron chi connectivity index (χ2n) is 6.18. The van der Waals surface area contributed by atoms with Crippen molar-refractivity contribution in [1.82, 2.24) is 4.90 Å². The van der Waals surface area contributed by atoms with E-state index in [1.807, 2.05) is 38.1 Å². The van der Waals surface area contributed by atoms with Crippen molar-refractivity contribution in [1.29, 1.82) is 0 Å². The Hall–Kier alpha value is -2.62. The van der Waals surface area contributed by atoms with Crippen molar-refractivity contribution in [3.63, 3.8) is 0 Å². The van der Waals surface area contributed by atoms with Crippen LogP contribution in [0.2, 0.25) is 0 Å². The van der Waals surface area contributed by atoms with Gasteiger partial charge in [-0.2, -0.15) is 0 Å². The lowest BCUT2D eigenvalue weighted by atomic mass is 10.00. The third-order valence-corrected chi connectivity index (χ3v) is 4.35. The van der Waals surface area contributed by atoms with Crippen LogP contribution >= 0.6 is 0 Å². The standard InChI is InChI=1S/C20H21FN2O/c1-14-3-4-15(2)19(13-14)22-20(24)23-11-9-17(10-12-23)16-5-7-18(21)8-6-16/h3-9,13H,10-12H2,1-2H3,(H,22,24). The lowest BCUT2D eigenvalue weighted by molar-refractivity contribution is 0.217. The molecule has 0 unspecified atom stereocenters. The van der Waals surface area contributed by atoms with Gasteiger partial charge in [0, 0.05) is 18.8 Å². The number of hydrogen-bond donors (Lipinski definition) is 1. The monoisotopic (exact) mass is 324 g/mol. The van der Waals surface area contributed by atoms with Gasteiger partial charge in [-0.3, -0.25) is 0 Å². The van der Waals surface area contributed by atoms with Gasteiger partial charge < -0.3 is 10.2 Å². The minimum Gasteiger partial charge on any atom is -0.320 e. The molecule has 1 N–H and O–H groups in total. The van der Waals surface area contributed by atoms with Crippen LogP contribution < -0.4 is 5.32 Å².